The molecule has 3 fully saturated rings. The molecule has 11 heavy (non-hydrogen) atoms. The maximum Gasteiger partial charge on any atom is 0.0473 e. The van der Waals surface area contributed by atoms with E-state index in [9.17, 15) is 0 Å². The molecule has 4 atom stereocenters. The Bertz CT molecular complexity index is 202. The highest BCUT2D eigenvalue weighted by Gasteiger charge is 2.67. The number of hydrogen-bond acceptors (Lipinski definition) is 3. The lowest BCUT2D eigenvalue weighted by molar-refractivity contribution is -0.167. The van der Waals surface area contributed by atoms with Gasteiger partial charge in [0.25, 0.3) is 0 Å². The van der Waals surface area contributed by atoms with Crippen LogP contribution >= 0.6 is 0 Å². The molecule has 2 aliphatic heterocycles. The van der Waals surface area contributed by atoms with Crippen LogP contribution in [0.1, 0.15) is 12.8 Å². The molecule has 62 valence electrons. The van der Waals surface area contributed by atoms with Crippen molar-refractivity contribution in [1.29, 1.82) is 0 Å². The predicted molar refractivity (Wildman–Crippen MR) is 43.0 cm³/mol. The highest BCUT2D eigenvalue weighted by Crippen LogP contribution is 2.51. The number of nitrogens with two attached hydrogens (primary N) is 2. The van der Waals surface area contributed by atoms with Crippen LogP contribution in [0, 0.1) is 5.92 Å². The SMILES string of the molecule is N[C@H]1[C@H]2CN3CCC[C@@]1(N)C23. The molecule has 0 amide bonds. The first-order chi connectivity index (χ1) is 5.23. The fourth-order valence-corrected chi connectivity index (χ4v) is 3.28. The van der Waals surface area contributed by atoms with Crippen molar-refractivity contribution in [2.45, 2.75) is 30.5 Å². The van der Waals surface area contributed by atoms with Gasteiger partial charge in [-0.1, -0.05) is 0 Å². The Morgan fingerprint density at radius 1 is 1.45 bits per heavy atom. The van der Waals surface area contributed by atoms with Crippen LogP contribution in [0.3, 0.4) is 0 Å². The standard InChI is InChI=1S/C8H15N3/c9-6-5-4-11-3-1-2-8(6,10)7(5)11/h5-7H,1-4,9-10H2/t5-,6+,7?,8+/m1/s1. The third-order valence-corrected chi connectivity index (χ3v) is 3.93. The van der Waals surface area contributed by atoms with Gasteiger partial charge < -0.3 is 11.5 Å². The van der Waals surface area contributed by atoms with Crippen molar-refractivity contribution in [2.75, 3.05) is 13.1 Å². The van der Waals surface area contributed by atoms with Crippen molar-refractivity contribution < 1.29 is 0 Å². The fraction of sp³-hybridized carbons (Fsp3) is 1.00. The molecule has 2 heterocycles. The molecule has 1 saturated carbocycles. The van der Waals surface area contributed by atoms with Crippen molar-refractivity contribution in [3.63, 3.8) is 0 Å². The van der Waals surface area contributed by atoms with Crippen molar-refractivity contribution in [3.05, 3.63) is 0 Å². The molecule has 3 nitrogen and oxygen atoms in total. The van der Waals surface area contributed by atoms with E-state index in [2.05, 4.69) is 4.90 Å². The number of hydrogen-bond donors (Lipinski definition) is 2. The van der Waals surface area contributed by atoms with E-state index in [0.29, 0.717) is 12.1 Å². The minimum Gasteiger partial charge on any atom is -0.326 e. The monoisotopic (exact) mass is 153 g/mol. The summed E-state index contributed by atoms with van der Waals surface area (Å²) >= 11 is 0. The molecule has 3 aliphatic rings. The summed E-state index contributed by atoms with van der Waals surface area (Å²) in [4.78, 5) is 2.50. The molecule has 1 unspecified atom stereocenters. The Morgan fingerprint density at radius 3 is 3.00 bits per heavy atom. The van der Waals surface area contributed by atoms with E-state index < -0.39 is 0 Å². The quantitative estimate of drug-likeness (QED) is 0.475. The molecule has 3 heteroatoms. The van der Waals surface area contributed by atoms with Crippen LogP contribution < -0.4 is 11.5 Å². The molecule has 0 aromatic heterocycles. The van der Waals surface area contributed by atoms with Gasteiger partial charge in [0.05, 0.1) is 0 Å². The molecule has 1 aliphatic carbocycles. The van der Waals surface area contributed by atoms with Gasteiger partial charge in [-0.2, -0.15) is 0 Å². The van der Waals surface area contributed by atoms with Gasteiger partial charge in [-0.05, 0) is 19.4 Å². The average molecular weight is 153 g/mol. The van der Waals surface area contributed by atoms with Gasteiger partial charge >= 0.3 is 0 Å². The molecule has 4 N–H and O–H groups in total. The van der Waals surface area contributed by atoms with Gasteiger partial charge in [-0.3, -0.25) is 4.90 Å². The van der Waals surface area contributed by atoms with Crippen molar-refractivity contribution in [3.8, 4) is 0 Å². The molecule has 0 bridgehead atoms. The molecule has 0 radical (unpaired) electrons. The first kappa shape index (κ1) is 6.40. The minimum atomic E-state index is 0.00116. The van der Waals surface area contributed by atoms with Crippen molar-refractivity contribution in [1.82, 2.24) is 4.90 Å². The third kappa shape index (κ3) is 0.504. The zero-order valence-corrected chi connectivity index (χ0v) is 6.66. The molecule has 2 saturated heterocycles. The van der Waals surface area contributed by atoms with Crippen LogP contribution in [-0.2, 0) is 0 Å². The van der Waals surface area contributed by atoms with Crippen molar-refractivity contribution in [2.24, 2.45) is 17.4 Å². The number of nitrogens with zero attached hydrogens (tertiary/aromatic N) is 1. The van der Waals surface area contributed by atoms with Gasteiger partial charge in [0, 0.05) is 30.1 Å². The smallest absolute Gasteiger partial charge is 0.0473 e. The molecule has 0 aromatic rings. The van der Waals surface area contributed by atoms with E-state index in [1.54, 1.807) is 0 Å². The highest BCUT2D eigenvalue weighted by atomic mass is 15.3. The van der Waals surface area contributed by atoms with Crippen LogP contribution in [0.25, 0.3) is 0 Å². The highest BCUT2D eigenvalue weighted by molar-refractivity contribution is 5.27. The summed E-state index contributed by atoms with van der Waals surface area (Å²) in [7, 11) is 0. The van der Waals surface area contributed by atoms with E-state index in [-0.39, 0.29) is 5.54 Å². The normalized spacial score (nSPS) is 61.1. The molecule has 3 rings (SSSR count). The van der Waals surface area contributed by atoms with Crippen LogP contribution in [0.2, 0.25) is 0 Å². The Labute approximate surface area is 66.7 Å². The summed E-state index contributed by atoms with van der Waals surface area (Å²) in [5.74, 6) is 0.736. The number of rotatable bonds is 0. The van der Waals surface area contributed by atoms with Crippen LogP contribution in [0.5, 0.6) is 0 Å². The van der Waals surface area contributed by atoms with Gasteiger partial charge in [0.2, 0.25) is 0 Å². The second-order valence-electron chi connectivity index (χ2n) is 4.35. The summed E-state index contributed by atoms with van der Waals surface area (Å²) in [6.45, 7) is 2.47. The van der Waals surface area contributed by atoms with E-state index in [1.807, 2.05) is 0 Å². The second-order valence-corrected chi connectivity index (χ2v) is 4.35. The Kier molecular flexibility index (Phi) is 0.947. The van der Waals surface area contributed by atoms with E-state index in [4.69, 9.17) is 11.5 Å². The molecular formula is C8H15N3. The first-order valence-corrected chi connectivity index (χ1v) is 4.52. The molecule has 0 aromatic carbocycles. The van der Waals surface area contributed by atoms with Crippen LogP contribution in [-0.4, -0.2) is 35.6 Å². The molecule has 0 spiro atoms. The second kappa shape index (κ2) is 1.63. The van der Waals surface area contributed by atoms with Crippen LogP contribution in [0.15, 0.2) is 0 Å². The van der Waals surface area contributed by atoms with Gasteiger partial charge in [-0.15, -0.1) is 0 Å². The number of piperidine rings is 2. The predicted octanol–water partition coefficient (Wildman–Crippen LogP) is -0.881. The van der Waals surface area contributed by atoms with Crippen molar-refractivity contribution >= 4 is 0 Å². The topological polar surface area (TPSA) is 55.3 Å². The maximum atomic E-state index is 6.21. The van der Waals surface area contributed by atoms with E-state index in [1.165, 1.54) is 19.5 Å². The minimum absolute atomic E-state index is 0.00116. The lowest BCUT2D eigenvalue weighted by Crippen LogP contribution is -2.90. The Morgan fingerprint density at radius 2 is 2.27 bits per heavy atom. The average Bonchev–Trinajstić information content (AvgIpc) is 1.91. The van der Waals surface area contributed by atoms with Crippen LogP contribution in [0.4, 0.5) is 0 Å². The summed E-state index contributed by atoms with van der Waals surface area (Å²) in [5, 5.41) is 0. The zero-order chi connectivity index (χ0) is 7.64. The molecular weight excluding hydrogens is 138 g/mol. The fourth-order valence-electron chi connectivity index (χ4n) is 3.28. The summed E-state index contributed by atoms with van der Waals surface area (Å²) in [5.41, 5.74) is 12.2. The summed E-state index contributed by atoms with van der Waals surface area (Å²) < 4.78 is 0. The lowest BCUT2D eigenvalue weighted by atomic mass is 9.51. The largest absolute Gasteiger partial charge is 0.326 e. The summed E-state index contributed by atoms with van der Waals surface area (Å²) in [6.07, 6.45) is 2.39. The maximum absolute atomic E-state index is 6.21. The van der Waals surface area contributed by atoms with Gasteiger partial charge in [0.1, 0.15) is 0 Å². The first-order valence-electron chi connectivity index (χ1n) is 4.52. The lowest BCUT2D eigenvalue weighted by Gasteiger charge is -2.72. The zero-order valence-electron chi connectivity index (χ0n) is 6.66. The van der Waals surface area contributed by atoms with E-state index >= 15 is 0 Å². The Hall–Kier alpha value is -0.120. The Balaban J connectivity index is 1.91. The summed E-state index contributed by atoms with van der Waals surface area (Å²) in [6, 6.07) is 0.954. The van der Waals surface area contributed by atoms with E-state index in [0.717, 1.165) is 12.3 Å². The third-order valence-electron chi connectivity index (χ3n) is 3.93. The van der Waals surface area contributed by atoms with Gasteiger partial charge in [-0.25, -0.2) is 0 Å². The van der Waals surface area contributed by atoms with Gasteiger partial charge in [0.15, 0.2) is 0 Å².